The van der Waals surface area contributed by atoms with Crippen molar-refractivity contribution in [2.75, 3.05) is 12.9 Å². The minimum Gasteiger partial charge on any atom is -0.462 e. The number of rotatable bonds is 5. The number of hydrogen-bond donors (Lipinski definition) is 1. The molecule has 0 fully saturated rings. The van der Waals surface area contributed by atoms with Crippen LogP contribution in [0.5, 0.6) is 0 Å². The van der Waals surface area contributed by atoms with E-state index in [1.54, 1.807) is 6.92 Å². The minimum absolute atomic E-state index is 0.106. The number of carbonyl (C=O) groups excluding carboxylic acids is 1. The molecule has 0 saturated carbocycles. The lowest BCUT2D eigenvalue weighted by atomic mass is 10.3. The number of carbonyl (C=O) groups is 1. The van der Waals surface area contributed by atoms with E-state index in [0.29, 0.717) is 10.9 Å². The van der Waals surface area contributed by atoms with E-state index in [0.717, 1.165) is 0 Å². The van der Waals surface area contributed by atoms with Gasteiger partial charge in [0.1, 0.15) is 5.70 Å². The molecule has 90 valence electrons. The molecule has 0 aliphatic heterocycles. The van der Waals surface area contributed by atoms with Crippen molar-refractivity contribution in [2.24, 2.45) is 5.11 Å². The van der Waals surface area contributed by atoms with Gasteiger partial charge in [-0.05, 0) is 24.8 Å². The highest BCUT2D eigenvalue weighted by Gasteiger charge is 2.09. The topological polar surface area (TPSA) is 104 Å². The molecular formula is C9H11N5O2S. The number of aromatic amines is 1. The Kier molecular flexibility index (Phi) is 5.12. The summed E-state index contributed by atoms with van der Waals surface area (Å²) in [6.07, 6.45) is 4.80. The summed E-state index contributed by atoms with van der Waals surface area (Å²) in [5.41, 5.74) is 8.83. The molecular weight excluding hydrogens is 242 g/mol. The van der Waals surface area contributed by atoms with E-state index in [9.17, 15) is 4.79 Å². The second-order valence-corrected chi connectivity index (χ2v) is 3.58. The SMILES string of the molecule is CCOC(=O)/C(=C/c1cnc(SC)[nH]1)N=[N+]=[N-]. The van der Waals surface area contributed by atoms with Crippen LogP contribution in [0.2, 0.25) is 0 Å². The fourth-order valence-electron chi connectivity index (χ4n) is 1.02. The number of imidazole rings is 1. The van der Waals surface area contributed by atoms with Crippen LogP contribution in [0.3, 0.4) is 0 Å². The maximum atomic E-state index is 11.4. The smallest absolute Gasteiger partial charge is 0.340 e. The fourth-order valence-corrected chi connectivity index (χ4v) is 1.40. The lowest BCUT2D eigenvalue weighted by molar-refractivity contribution is -0.138. The first kappa shape index (κ1) is 13.1. The summed E-state index contributed by atoms with van der Waals surface area (Å²) in [7, 11) is 0. The zero-order valence-corrected chi connectivity index (χ0v) is 10.2. The molecule has 1 N–H and O–H groups in total. The number of nitrogens with zero attached hydrogens (tertiary/aromatic N) is 4. The van der Waals surface area contributed by atoms with Crippen molar-refractivity contribution in [3.05, 3.63) is 28.0 Å². The number of thioether (sulfide) groups is 1. The van der Waals surface area contributed by atoms with Crippen molar-refractivity contribution in [1.29, 1.82) is 0 Å². The minimum atomic E-state index is -0.661. The van der Waals surface area contributed by atoms with Gasteiger partial charge in [-0.2, -0.15) is 0 Å². The Balaban J connectivity index is 2.97. The summed E-state index contributed by atoms with van der Waals surface area (Å²) in [6, 6.07) is 0. The monoisotopic (exact) mass is 253 g/mol. The Morgan fingerprint density at radius 1 is 1.82 bits per heavy atom. The summed E-state index contributed by atoms with van der Waals surface area (Å²) in [5.74, 6) is -0.661. The van der Waals surface area contributed by atoms with Crippen LogP contribution in [-0.4, -0.2) is 28.8 Å². The molecule has 17 heavy (non-hydrogen) atoms. The van der Waals surface area contributed by atoms with Gasteiger partial charge in [0, 0.05) is 4.91 Å². The first-order chi connectivity index (χ1) is 8.21. The standard InChI is InChI=1S/C9H11N5O2S/c1-3-16-8(15)7(13-14-10)4-6-5-11-9(12-6)17-2/h4-5H,3H2,1-2H3,(H,11,12)/b7-4-. The summed E-state index contributed by atoms with van der Waals surface area (Å²) < 4.78 is 4.75. The van der Waals surface area contributed by atoms with Crippen molar-refractivity contribution in [3.63, 3.8) is 0 Å². The normalized spacial score (nSPS) is 10.8. The molecule has 0 aliphatic carbocycles. The van der Waals surface area contributed by atoms with E-state index in [2.05, 4.69) is 20.0 Å². The van der Waals surface area contributed by atoms with Gasteiger partial charge in [-0.25, -0.2) is 9.78 Å². The quantitative estimate of drug-likeness (QED) is 0.217. The first-order valence-electron chi connectivity index (χ1n) is 4.74. The lowest BCUT2D eigenvalue weighted by Crippen LogP contribution is -2.05. The number of esters is 1. The fraction of sp³-hybridized carbons (Fsp3) is 0.333. The van der Waals surface area contributed by atoms with Crippen molar-refractivity contribution in [3.8, 4) is 0 Å². The Labute approximate surface area is 102 Å². The van der Waals surface area contributed by atoms with E-state index in [-0.39, 0.29) is 12.3 Å². The molecule has 1 heterocycles. The van der Waals surface area contributed by atoms with Crippen LogP contribution in [0.15, 0.2) is 22.2 Å². The Morgan fingerprint density at radius 2 is 2.59 bits per heavy atom. The van der Waals surface area contributed by atoms with E-state index in [1.807, 2.05) is 6.26 Å². The molecule has 1 rings (SSSR count). The molecule has 0 atom stereocenters. The first-order valence-corrected chi connectivity index (χ1v) is 5.96. The van der Waals surface area contributed by atoms with E-state index >= 15 is 0 Å². The second-order valence-electron chi connectivity index (χ2n) is 2.79. The molecule has 0 spiro atoms. The Bertz CT molecular complexity index is 475. The van der Waals surface area contributed by atoms with Gasteiger partial charge in [0.05, 0.1) is 18.5 Å². The highest BCUT2D eigenvalue weighted by atomic mass is 32.2. The van der Waals surface area contributed by atoms with Crippen LogP contribution in [-0.2, 0) is 9.53 Å². The third-order valence-electron chi connectivity index (χ3n) is 1.69. The Morgan fingerprint density at radius 3 is 3.12 bits per heavy atom. The number of nitrogens with one attached hydrogen (secondary N) is 1. The molecule has 0 aromatic carbocycles. The molecule has 0 radical (unpaired) electrons. The summed E-state index contributed by atoms with van der Waals surface area (Å²) >= 11 is 1.43. The maximum absolute atomic E-state index is 11.4. The number of aromatic nitrogens is 2. The zero-order valence-electron chi connectivity index (χ0n) is 9.38. The molecule has 0 bridgehead atoms. The van der Waals surface area contributed by atoms with Gasteiger partial charge in [0.2, 0.25) is 0 Å². The number of H-pyrrole nitrogens is 1. The Hall–Kier alpha value is -1.92. The largest absolute Gasteiger partial charge is 0.462 e. The van der Waals surface area contributed by atoms with Gasteiger partial charge < -0.3 is 9.72 Å². The van der Waals surface area contributed by atoms with Gasteiger partial charge in [0.25, 0.3) is 0 Å². The predicted molar refractivity (Wildman–Crippen MR) is 64.1 cm³/mol. The van der Waals surface area contributed by atoms with Crippen LogP contribution in [0.25, 0.3) is 16.5 Å². The average molecular weight is 253 g/mol. The molecule has 1 aromatic rings. The van der Waals surface area contributed by atoms with Crippen LogP contribution in [0.4, 0.5) is 0 Å². The molecule has 0 amide bonds. The van der Waals surface area contributed by atoms with E-state index < -0.39 is 5.97 Å². The third-order valence-corrected chi connectivity index (χ3v) is 2.29. The zero-order chi connectivity index (χ0) is 12.7. The van der Waals surface area contributed by atoms with Gasteiger partial charge in [-0.3, -0.25) is 0 Å². The summed E-state index contributed by atoms with van der Waals surface area (Å²) in [6.45, 7) is 1.89. The second kappa shape index (κ2) is 6.62. The maximum Gasteiger partial charge on any atom is 0.340 e. The van der Waals surface area contributed by atoms with Crippen LogP contribution in [0, 0.1) is 0 Å². The third kappa shape index (κ3) is 3.86. The van der Waals surface area contributed by atoms with Crippen LogP contribution < -0.4 is 0 Å². The van der Waals surface area contributed by atoms with Crippen molar-refractivity contribution < 1.29 is 9.53 Å². The number of azide groups is 1. The van der Waals surface area contributed by atoms with Gasteiger partial charge in [-0.15, -0.1) is 0 Å². The predicted octanol–water partition coefficient (Wildman–Crippen LogP) is 2.35. The molecule has 7 nitrogen and oxygen atoms in total. The van der Waals surface area contributed by atoms with Crippen molar-refractivity contribution >= 4 is 23.8 Å². The molecule has 0 saturated heterocycles. The van der Waals surface area contributed by atoms with Crippen molar-refractivity contribution in [1.82, 2.24) is 9.97 Å². The highest BCUT2D eigenvalue weighted by molar-refractivity contribution is 7.98. The molecule has 0 unspecified atom stereocenters. The van der Waals surface area contributed by atoms with Crippen LogP contribution >= 0.6 is 11.8 Å². The lowest BCUT2D eigenvalue weighted by Gasteiger charge is -1.99. The van der Waals surface area contributed by atoms with Gasteiger partial charge in [0.15, 0.2) is 5.16 Å². The van der Waals surface area contributed by atoms with E-state index in [1.165, 1.54) is 24.0 Å². The van der Waals surface area contributed by atoms with Crippen LogP contribution in [0.1, 0.15) is 12.6 Å². The van der Waals surface area contributed by atoms with Crippen molar-refractivity contribution in [2.45, 2.75) is 12.1 Å². The summed E-state index contributed by atoms with van der Waals surface area (Å²) in [5, 5.41) is 3.99. The number of ether oxygens (including phenoxy) is 1. The summed E-state index contributed by atoms with van der Waals surface area (Å²) in [4.78, 5) is 21.0. The highest BCUT2D eigenvalue weighted by Crippen LogP contribution is 2.13. The molecule has 1 aromatic heterocycles. The van der Waals surface area contributed by atoms with Gasteiger partial charge in [-0.1, -0.05) is 16.9 Å². The van der Waals surface area contributed by atoms with Gasteiger partial charge >= 0.3 is 5.97 Å². The molecule has 0 aliphatic rings. The average Bonchev–Trinajstić information content (AvgIpc) is 2.76. The number of hydrogen-bond acceptors (Lipinski definition) is 5. The van der Waals surface area contributed by atoms with E-state index in [4.69, 9.17) is 10.3 Å². The molecule has 8 heteroatoms.